The summed E-state index contributed by atoms with van der Waals surface area (Å²) in [6, 6.07) is 32.2. The molecule has 5 aromatic rings. The molecular formula is C32H32N4O4. The van der Waals surface area contributed by atoms with Crippen molar-refractivity contribution in [3.8, 4) is 0 Å². The second kappa shape index (κ2) is 12.4. The van der Waals surface area contributed by atoms with Gasteiger partial charge in [-0.1, -0.05) is 91.0 Å². The van der Waals surface area contributed by atoms with Crippen molar-refractivity contribution in [3.05, 3.63) is 126 Å². The summed E-state index contributed by atoms with van der Waals surface area (Å²) >= 11 is 0. The van der Waals surface area contributed by atoms with E-state index in [0.717, 1.165) is 27.6 Å². The van der Waals surface area contributed by atoms with Crippen LogP contribution in [0.1, 0.15) is 22.9 Å². The van der Waals surface area contributed by atoms with Crippen molar-refractivity contribution in [3.63, 3.8) is 0 Å². The molecule has 8 nitrogen and oxygen atoms in total. The van der Waals surface area contributed by atoms with Crippen LogP contribution in [0.3, 0.4) is 0 Å². The van der Waals surface area contributed by atoms with E-state index in [-0.39, 0.29) is 6.10 Å². The van der Waals surface area contributed by atoms with Gasteiger partial charge in [0.05, 0.1) is 38.1 Å². The first-order chi connectivity index (χ1) is 19.8. The van der Waals surface area contributed by atoms with E-state index in [1.165, 1.54) is 0 Å². The fraction of sp³-hybridized carbons (Fsp3) is 0.250. The lowest BCUT2D eigenvalue weighted by molar-refractivity contribution is -0.0913. The first kappa shape index (κ1) is 26.2. The van der Waals surface area contributed by atoms with Crippen LogP contribution in [0, 0.1) is 0 Å². The number of hydrogen-bond donors (Lipinski definition) is 1. The third-order valence-electron chi connectivity index (χ3n) is 7.10. The number of anilines is 1. The minimum absolute atomic E-state index is 0.344. The van der Waals surface area contributed by atoms with Crippen molar-refractivity contribution in [2.45, 2.75) is 44.4 Å². The Balaban J connectivity index is 1.29. The third-order valence-corrected chi connectivity index (χ3v) is 7.10. The number of nitrogens with two attached hydrogens (primary N) is 1. The lowest BCUT2D eigenvalue weighted by Crippen LogP contribution is -2.38. The number of aromatic nitrogens is 3. The SMILES string of the molecule is Nc1nncc2c1ccn2C1OC(COCc2ccccc2)C(OCc2ccccc2)C1OCc1ccccc1. The molecule has 2 aromatic heterocycles. The minimum Gasteiger partial charge on any atom is -0.382 e. The van der Waals surface area contributed by atoms with Gasteiger partial charge >= 0.3 is 0 Å². The number of nitrogen functional groups attached to an aromatic ring is 1. The van der Waals surface area contributed by atoms with Gasteiger partial charge in [0.1, 0.15) is 18.3 Å². The third kappa shape index (κ3) is 5.90. The molecule has 4 atom stereocenters. The highest BCUT2D eigenvalue weighted by atomic mass is 16.6. The molecule has 40 heavy (non-hydrogen) atoms. The molecule has 204 valence electrons. The molecule has 0 radical (unpaired) electrons. The molecule has 4 unspecified atom stereocenters. The van der Waals surface area contributed by atoms with Gasteiger partial charge in [-0.15, -0.1) is 5.10 Å². The molecule has 1 saturated heterocycles. The Bertz CT molecular complexity index is 1500. The summed E-state index contributed by atoms with van der Waals surface area (Å²) in [5.74, 6) is 0.371. The van der Waals surface area contributed by atoms with Crippen LogP contribution < -0.4 is 5.73 Å². The van der Waals surface area contributed by atoms with Crippen LogP contribution in [0.5, 0.6) is 0 Å². The maximum atomic E-state index is 6.69. The van der Waals surface area contributed by atoms with Gasteiger partial charge in [0.25, 0.3) is 0 Å². The van der Waals surface area contributed by atoms with Crippen LogP contribution in [-0.2, 0) is 38.8 Å². The van der Waals surface area contributed by atoms with Crippen LogP contribution >= 0.6 is 0 Å². The fourth-order valence-corrected chi connectivity index (χ4v) is 5.08. The standard InChI is InChI=1S/C32H32N4O4/c33-31-26-16-17-36(27(26)18-34-35-31)32-30(39-21-25-14-8-3-9-15-25)29(38-20-24-12-6-2-7-13-24)28(40-32)22-37-19-23-10-4-1-5-11-23/h1-18,28-30,32H,19-22H2,(H2,33,35). The monoisotopic (exact) mass is 536 g/mol. The van der Waals surface area contributed by atoms with Crippen molar-refractivity contribution < 1.29 is 18.9 Å². The lowest BCUT2D eigenvalue weighted by atomic mass is 10.1. The average molecular weight is 537 g/mol. The molecule has 0 saturated carbocycles. The highest BCUT2D eigenvalue weighted by molar-refractivity contribution is 5.88. The highest BCUT2D eigenvalue weighted by Gasteiger charge is 2.47. The predicted molar refractivity (Wildman–Crippen MR) is 152 cm³/mol. The van der Waals surface area contributed by atoms with E-state index in [1.54, 1.807) is 6.20 Å². The summed E-state index contributed by atoms with van der Waals surface area (Å²) in [5, 5.41) is 8.90. The highest BCUT2D eigenvalue weighted by Crippen LogP contribution is 2.37. The molecule has 1 aliphatic rings. The zero-order valence-electron chi connectivity index (χ0n) is 22.1. The van der Waals surface area contributed by atoms with E-state index in [1.807, 2.05) is 95.7 Å². The molecule has 2 N–H and O–H groups in total. The van der Waals surface area contributed by atoms with Crippen LogP contribution in [0.2, 0.25) is 0 Å². The molecule has 3 heterocycles. The number of hydrogen-bond acceptors (Lipinski definition) is 7. The zero-order chi connectivity index (χ0) is 27.1. The Kier molecular flexibility index (Phi) is 8.11. The summed E-state index contributed by atoms with van der Waals surface area (Å²) in [4.78, 5) is 0. The summed E-state index contributed by atoms with van der Waals surface area (Å²) < 4.78 is 28.0. The molecule has 0 aliphatic carbocycles. The fourth-order valence-electron chi connectivity index (χ4n) is 5.08. The number of fused-ring (bicyclic) bond motifs is 1. The smallest absolute Gasteiger partial charge is 0.163 e. The number of rotatable bonds is 11. The Morgan fingerprint density at radius 1 is 0.725 bits per heavy atom. The summed E-state index contributed by atoms with van der Waals surface area (Å²) in [7, 11) is 0. The van der Waals surface area contributed by atoms with Crippen LogP contribution in [0.4, 0.5) is 5.82 Å². The van der Waals surface area contributed by atoms with Crippen molar-refractivity contribution >= 4 is 16.7 Å². The van der Waals surface area contributed by atoms with Crippen molar-refractivity contribution in [2.24, 2.45) is 0 Å². The normalized spacial score (nSPS) is 20.7. The van der Waals surface area contributed by atoms with Gasteiger partial charge in [-0.05, 0) is 22.8 Å². The number of nitrogens with zero attached hydrogens (tertiary/aromatic N) is 3. The lowest BCUT2D eigenvalue weighted by Gasteiger charge is -2.26. The van der Waals surface area contributed by atoms with E-state index in [2.05, 4.69) is 22.3 Å². The summed E-state index contributed by atoms with van der Waals surface area (Å²) in [6.45, 7) is 1.66. The Hall–Kier alpha value is -4.08. The largest absolute Gasteiger partial charge is 0.382 e. The van der Waals surface area contributed by atoms with Gasteiger partial charge in [-0.2, -0.15) is 5.10 Å². The average Bonchev–Trinajstić information content (AvgIpc) is 3.58. The minimum atomic E-state index is -0.490. The Morgan fingerprint density at radius 3 is 1.93 bits per heavy atom. The van der Waals surface area contributed by atoms with Gasteiger partial charge in [0.15, 0.2) is 12.0 Å². The summed E-state index contributed by atoms with van der Waals surface area (Å²) in [5.41, 5.74) is 10.2. The van der Waals surface area contributed by atoms with Gasteiger partial charge in [-0.3, -0.25) is 0 Å². The molecule has 1 aliphatic heterocycles. The van der Waals surface area contributed by atoms with Crippen molar-refractivity contribution in [2.75, 3.05) is 12.3 Å². The number of ether oxygens (including phenoxy) is 4. The molecule has 6 rings (SSSR count). The maximum absolute atomic E-state index is 6.69. The van der Waals surface area contributed by atoms with Crippen LogP contribution in [0.15, 0.2) is 109 Å². The number of benzene rings is 3. The topological polar surface area (TPSA) is 93.7 Å². The van der Waals surface area contributed by atoms with Crippen molar-refractivity contribution in [1.82, 2.24) is 14.8 Å². The summed E-state index contributed by atoms with van der Waals surface area (Å²) in [6.07, 6.45) is 1.95. The molecule has 0 amide bonds. The second-order valence-electron chi connectivity index (χ2n) is 9.84. The second-order valence-corrected chi connectivity index (χ2v) is 9.84. The quantitative estimate of drug-likeness (QED) is 0.245. The van der Waals surface area contributed by atoms with E-state index in [4.69, 9.17) is 24.7 Å². The van der Waals surface area contributed by atoms with Gasteiger partial charge in [-0.25, -0.2) is 0 Å². The molecule has 3 aromatic carbocycles. The Labute approximate surface area is 233 Å². The van der Waals surface area contributed by atoms with Gasteiger partial charge < -0.3 is 29.2 Å². The molecule has 0 spiro atoms. The van der Waals surface area contributed by atoms with E-state index >= 15 is 0 Å². The molecule has 1 fully saturated rings. The van der Waals surface area contributed by atoms with E-state index in [0.29, 0.717) is 32.2 Å². The van der Waals surface area contributed by atoms with Crippen LogP contribution in [-0.4, -0.2) is 39.7 Å². The molecule has 8 heteroatoms. The molecular weight excluding hydrogens is 504 g/mol. The predicted octanol–water partition coefficient (Wildman–Crippen LogP) is 5.30. The van der Waals surface area contributed by atoms with Crippen molar-refractivity contribution in [1.29, 1.82) is 0 Å². The van der Waals surface area contributed by atoms with Gasteiger partial charge in [0, 0.05) is 11.6 Å². The van der Waals surface area contributed by atoms with Crippen LogP contribution in [0.25, 0.3) is 10.9 Å². The molecule has 0 bridgehead atoms. The zero-order valence-corrected chi connectivity index (χ0v) is 22.1. The van der Waals surface area contributed by atoms with Gasteiger partial charge in [0.2, 0.25) is 0 Å². The van der Waals surface area contributed by atoms with E-state index < -0.39 is 18.4 Å². The van der Waals surface area contributed by atoms with E-state index in [9.17, 15) is 0 Å². The first-order valence-corrected chi connectivity index (χ1v) is 13.4. The Morgan fingerprint density at radius 2 is 1.30 bits per heavy atom. The maximum Gasteiger partial charge on any atom is 0.163 e. The first-order valence-electron chi connectivity index (χ1n) is 13.4.